The number of benzene rings is 1. The lowest BCUT2D eigenvalue weighted by atomic mass is 10.2. The van der Waals surface area contributed by atoms with Gasteiger partial charge in [-0.05, 0) is 24.3 Å². The average Bonchev–Trinajstić information content (AvgIpc) is 3.16. The third-order valence-corrected chi connectivity index (χ3v) is 5.51. The van der Waals surface area contributed by atoms with Crippen LogP contribution in [0.15, 0.2) is 30.5 Å². The van der Waals surface area contributed by atoms with Gasteiger partial charge in [-0.1, -0.05) is 11.6 Å². The first-order valence-corrected chi connectivity index (χ1v) is 10.4. The maximum atomic E-state index is 6.13. The van der Waals surface area contributed by atoms with E-state index in [1.807, 2.05) is 16.8 Å². The molecule has 0 atom stereocenters. The largest absolute Gasteiger partial charge is 0.491 e. The summed E-state index contributed by atoms with van der Waals surface area (Å²) in [4.78, 5) is 13.1. The summed E-state index contributed by atoms with van der Waals surface area (Å²) in [5.74, 6) is 1.03. The van der Waals surface area contributed by atoms with E-state index in [4.69, 9.17) is 26.8 Å². The van der Waals surface area contributed by atoms with Gasteiger partial charge in [-0.3, -0.25) is 4.90 Å². The topological polar surface area (TPSA) is 94.6 Å². The van der Waals surface area contributed by atoms with Crippen LogP contribution in [0.3, 0.4) is 0 Å². The number of aromatic nitrogens is 4. The van der Waals surface area contributed by atoms with Crippen molar-refractivity contribution in [2.24, 2.45) is 0 Å². The summed E-state index contributed by atoms with van der Waals surface area (Å²) >= 11 is 6.13. The molecule has 2 N–H and O–H groups in total. The molecule has 3 heterocycles. The van der Waals surface area contributed by atoms with E-state index in [2.05, 4.69) is 37.0 Å². The van der Waals surface area contributed by atoms with Gasteiger partial charge in [0.05, 0.1) is 24.7 Å². The molecule has 2 aromatic heterocycles. The van der Waals surface area contributed by atoms with Crippen LogP contribution in [0.25, 0.3) is 11.0 Å². The zero-order valence-corrected chi connectivity index (χ0v) is 17.8. The fourth-order valence-corrected chi connectivity index (χ4v) is 3.78. The van der Waals surface area contributed by atoms with Crippen LogP contribution in [0, 0.1) is 0 Å². The van der Waals surface area contributed by atoms with Gasteiger partial charge >= 0.3 is 0 Å². The highest BCUT2D eigenvalue weighted by molar-refractivity contribution is 6.34. The normalized spacial score (nSPS) is 15.1. The quantitative estimate of drug-likeness (QED) is 0.427. The molecule has 0 bridgehead atoms. The molecule has 10 heteroatoms. The number of rotatable bonds is 8. The van der Waals surface area contributed by atoms with Gasteiger partial charge in [-0.2, -0.15) is 10.1 Å². The summed E-state index contributed by atoms with van der Waals surface area (Å²) in [6, 6.07) is 8.25. The Morgan fingerprint density at radius 1 is 1.03 bits per heavy atom. The van der Waals surface area contributed by atoms with Crippen molar-refractivity contribution in [1.29, 1.82) is 0 Å². The molecular formula is C20H26ClN7O2. The molecule has 0 spiro atoms. The van der Waals surface area contributed by atoms with E-state index < -0.39 is 0 Å². The Labute approximate surface area is 180 Å². The van der Waals surface area contributed by atoms with Gasteiger partial charge in [0, 0.05) is 45.5 Å². The molecule has 1 fully saturated rings. The number of anilines is 2. The molecule has 1 saturated heterocycles. The number of fused-ring (bicyclic) bond motifs is 1. The van der Waals surface area contributed by atoms with Gasteiger partial charge in [0.25, 0.3) is 0 Å². The number of piperazine rings is 1. The van der Waals surface area contributed by atoms with Crippen molar-refractivity contribution >= 4 is 34.3 Å². The summed E-state index contributed by atoms with van der Waals surface area (Å²) in [7, 11) is 1.67. The maximum absolute atomic E-state index is 6.13. The van der Waals surface area contributed by atoms with Crippen molar-refractivity contribution < 1.29 is 9.47 Å². The maximum Gasteiger partial charge on any atom is 0.223 e. The van der Waals surface area contributed by atoms with Crippen molar-refractivity contribution in [2.45, 2.75) is 6.54 Å². The highest BCUT2D eigenvalue weighted by Crippen LogP contribution is 2.22. The molecule has 0 radical (unpaired) electrons. The van der Waals surface area contributed by atoms with E-state index in [1.165, 1.54) is 5.69 Å². The monoisotopic (exact) mass is 431 g/mol. The Morgan fingerprint density at radius 2 is 1.80 bits per heavy atom. The van der Waals surface area contributed by atoms with Crippen molar-refractivity contribution in [2.75, 3.05) is 63.7 Å². The summed E-state index contributed by atoms with van der Waals surface area (Å²) in [5, 5.41) is 5.46. The van der Waals surface area contributed by atoms with Gasteiger partial charge in [-0.25, -0.2) is 9.67 Å². The van der Waals surface area contributed by atoms with Gasteiger partial charge in [0.2, 0.25) is 5.95 Å². The fraction of sp³-hybridized carbons (Fsp3) is 0.450. The molecule has 0 unspecified atom stereocenters. The van der Waals surface area contributed by atoms with E-state index >= 15 is 0 Å². The number of nitrogens with zero attached hydrogens (tertiary/aromatic N) is 6. The first-order valence-electron chi connectivity index (χ1n) is 9.97. The van der Waals surface area contributed by atoms with Gasteiger partial charge in [0.15, 0.2) is 5.65 Å². The molecule has 1 aliphatic rings. The zero-order chi connectivity index (χ0) is 20.9. The Bertz CT molecular complexity index is 971. The third-order valence-electron chi connectivity index (χ3n) is 5.23. The number of hydrogen-bond acceptors (Lipinski definition) is 8. The lowest BCUT2D eigenvalue weighted by Gasteiger charge is -2.36. The van der Waals surface area contributed by atoms with E-state index in [0.717, 1.165) is 50.4 Å². The zero-order valence-electron chi connectivity index (χ0n) is 17.0. The van der Waals surface area contributed by atoms with Crippen molar-refractivity contribution in [3.05, 3.63) is 35.6 Å². The molecule has 30 heavy (non-hydrogen) atoms. The lowest BCUT2D eigenvalue weighted by Crippen LogP contribution is -2.47. The van der Waals surface area contributed by atoms with Crippen molar-refractivity contribution in [3.8, 4) is 5.75 Å². The van der Waals surface area contributed by atoms with Crippen LogP contribution in [0.1, 0.15) is 0 Å². The third kappa shape index (κ3) is 4.75. The molecule has 0 amide bonds. The molecule has 160 valence electrons. The minimum Gasteiger partial charge on any atom is -0.491 e. The number of halogens is 1. The van der Waals surface area contributed by atoms with Gasteiger partial charge in [-0.15, -0.1) is 0 Å². The van der Waals surface area contributed by atoms with Crippen molar-refractivity contribution in [3.63, 3.8) is 0 Å². The minimum atomic E-state index is 0.165. The predicted molar refractivity (Wildman–Crippen MR) is 117 cm³/mol. The van der Waals surface area contributed by atoms with Gasteiger partial charge in [0.1, 0.15) is 17.5 Å². The Balaban J connectivity index is 1.28. The smallest absolute Gasteiger partial charge is 0.223 e. The fourth-order valence-electron chi connectivity index (χ4n) is 3.56. The van der Waals surface area contributed by atoms with Crippen LogP contribution < -0.4 is 15.4 Å². The Kier molecular flexibility index (Phi) is 6.51. The second-order valence-electron chi connectivity index (χ2n) is 7.14. The molecule has 4 rings (SSSR count). The molecule has 3 aromatic rings. The first-order chi connectivity index (χ1) is 14.6. The molecule has 0 saturated carbocycles. The van der Waals surface area contributed by atoms with Crippen LogP contribution in [0.5, 0.6) is 5.75 Å². The standard InChI is InChI=1S/C20H26ClN7O2/c1-29-12-13-30-16-4-2-15(3-5-16)27-9-6-26(7-10-27)8-11-28-19-17(14-23-28)18(21)24-20(22)25-19/h2-5,14H,6-13H2,1H3,(H2,22,24,25). The van der Waals surface area contributed by atoms with Crippen LogP contribution in [0.4, 0.5) is 11.6 Å². The number of hydrogen-bond donors (Lipinski definition) is 1. The first kappa shape index (κ1) is 20.6. The van der Waals surface area contributed by atoms with E-state index in [9.17, 15) is 0 Å². The highest BCUT2D eigenvalue weighted by Gasteiger charge is 2.18. The summed E-state index contributed by atoms with van der Waals surface area (Å²) < 4.78 is 12.5. The number of ether oxygens (including phenoxy) is 2. The number of nitrogens with two attached hydrogens (primary N) is 1. The van der Waals surface area contributed by atoms with E-state index in [0.29, 0.717) is 24.0 Å². The molecule has 1 aromatic carbocycles. The van der Waals surface area contributed by atoms with Crippen LogP contribution in [0.2, 0.25) is 5.15 Å². The number of nitrogen functional groups attached to an aromatic ring is 1. The second-order valence-corrected chi connectivity index (χ2v) is 7.50. The SMILES string of the molecule is COCCOc1ccc(N2CCN(CCn3ncc4c(Cl)nc(N)nc43)CC2)cc1. The van der Waals surface area contributed by atoms with Crippen LogP contribution in [-0.2, 0) is 11.3 Å². The molecular weight excluding hydrogens is 406 g/mol. The second kappa shape index (κ2) is 9.46. The Hall–Kier alpha value is -2.62. The van der Waals surface area contributed by atoms with E-state index in [1.54, 1.807) is 13.3 Å². The van der Waals surface area contributed by atoms with Gasteiger partial charge < -0.3 is 20.1 Å². The summed E-state index contributed by atoms with van der Waals surface area (Å²) in [6.45, 7) is 6.69. The highest BCUT2D eigenvalue weighted by atomic mass is 35.5. The van der Waals surface area contributed by atoms with Crippen molar-refractivity contribution in [1.82, 2.24) is 24.6 Å². The molecule has 1 aliphatic heterocycles. The predicted octanol–water partition coefficient (Wildman–Crippen LogP) is 1.91. The summed E-state index contributed by atoms with van der Waals surface area (Å²) in [6.07, 6.45) is 1.69. The number of methoxy groups -OCH3 is 1. The minimum absolute atomic E-state index is 0.165. The summed E-state index contributed by atoms with van der Waals surface area (Å²) in [5.41, 5.74) is 7.62. The van der Waals surface area contributed by atoms with Crippen LogP contribution in [-0.4, -0.2) is 77.7 Å². The van der Waals surface area contributed by atoms with Crippen LogP contribution >= 0.6 is 11.6 Å². The Morgan fingerprint density at radius 3 is 2.53 bits per heavy atom. The lowest BCUT2D eigenvalue weighted by molar-refractivity contribution is 0.146. The average molecular weight is 432 g/mol. The molecule has 9 nitrogen and oxygen atoms in total. The molecule has 0 aliphatic carbocycles. The van der Waals surface area contributed by atoms with E-state index in [-0.39, 0.29) is 5.95 Å².